The molecule has 50 valence electrons. The second kappa shape index (κ2) is 2.86. The maximum absolute atomic E-state index is 2.26. The van der Waals surface area contributed by atoms with E-state index >= 15 is 0 Å². The average Bonchev–Trinajstić information content (AvgIpc) is 1.86. The van der Waals surface area contributed by atoms with E-state index < -0.39 is 0 Å². The molecule has 1 aliphatic carbocycles. The van der Waals surface area contributed by atoms with E-state index in [0.717, 1.165) is 6.42 Å². The highest BCUT2D eigenvalue weighted by molar-refractivity contribution is 5.32. The molecule has 0 radical (unpaired) electrons. The quantitative estimate of drug-likeness (QED) is 0.528. The van der Waals surface area contributed by atoms with Gasteiger partial charge >= 0.3 is 0 Å². The van der Waals surface area contributed by atoms with Gasteiger partial charge in [0.25, 0.3) is 0 Å². The molecule has 0 nitrogen and oxygen atoms in total. The molecule has 0 aliphatic heterocycles. The molecule has 0 saturated heterocycles. The van der Waals surface area contributed by atoms with Gasteiger partial charge in [-0.25, -0.2) is 0 Å². The highest BCUT2D eigenvalue weighted by Gasteiger charge is 2.08. The summed E-state index contributed by atoms with van der Waals surface area (Å²) in [5.41, 5.74) is 3.15. The Hall–Kier alpha value is -0.520. The summed E-state index contributed by atoms with van der Waals surface area (Å²) in [4.78, 5) is 0. The Morgan fingerprint density at radius 2 is 2.22 bits per heavy atom. The molecule has 0 aromatic rings. The number of rotatable bonds is 2. The summed E-state index contributed by atoms with van der Waals surface area (Å²) in [6, 6.07) is 0. The van der Waals surface area contributed by atoms with Gasteiger partial charge in [-0.05, 0) is 31.8 Å². The van der Waals surface area contributed by atoms with Crippen LogP contribution in [0.1, 0.15) is 33.1 Å². The minimum atomic E-state index is 1.16. The molecule has 0 atom stereocenters. The Labute approximate surface area is 57.3 Å². The summed E-state index contributed by atoms with van der Waals surface area (Å²) in [6.07, 6.45) is 8.29. The lowest BCUT2D eigenvalue weighted by Crippen LogP contribution is -1.97. The van der Waals surface area contributed by atoms with E-state index in [9.17, 15) is 0 Å². The van der Waals surface area contributed by atoms with Crippen molar-refractivity contribution in [3.05, 3.63) is 23.3 Å². The maximum atomic E-state index is 2.26. The van der Waals surface area contributed by atoms with Crippen LogP contribution in [0.3, 0.4) is 0 Å². The topological polar surface area (TPSA) is 0 Å². The van der Waals surface area contributed by atoms with Gasteiger partial charge in [-0.1, -0.05) is 24.6 Å². The van der Waals surface area contributed by atoms with Gasteiger partial charge in [-0.15, -0.1) is 0 Å². The van der Waals surface area contributed by atoms with E-state index in [0.29, 0.717) is 0 Å². The van der Waals surface area contributed by atoms with Crippen molar-refractivity contribution in [3.8, 4) is 0 Å². The molecular formula is C9H14. The first-order chi connectivity index (χ1) is 4.34. The lowest BCUT2D eigenvalue weighted by atomic mass is 9.89. The van der Waals surface area contributed by atoms with E-state index in [-0.39, 0.29) is 0 Å². The molecule has 0 N–H and O–H groups in total. The molecule has 0 aromatic carbocycles. The van der Waals surface area contributed by atoms with Gasteiger partial charge in [-0.3, -0.25) is 0 Å². The third-order valence-electron chi connectivity index (χ3n) is 1.87. The predicted molar refractivity (Wildman–Crippen MR) is 41.4 cm³/mol. The fraction of sp³-hybridized carbons (Fsp3) is 0.556. The van der Waals surface area contributed by atoms with Gasteiger partial charge in [0.1, 0.15) is 0 Å². The normalized spacial score (nSPS) is 18.9. The van der Waals surface area contributed by atoms with Crippen LogP contribution in [0, 0.1) is 0 Å². The van der Waals surface area contributed by atoms with Crippen molar-refractivity contribution >= 4 is 0 Å². The fourth-order valence-electron chi connectivity index (χ4n) is 1.01. The Morgan fingerprint density at radius 1 is 1.44 bits per heavy atom. The van der Waals surface area contributed by atoms with Gasteiger partial charge < -0.3 is 0 Å². The van der Waals surface area contributed by atoms with Gasteiger partial charge in [0.05, 0.1) is 0 Å². The molecule has 0 bridgehead atoms. The summed E-state index contributed by atoms with van der Waals surface area (Å²) in [6.45, 7) is 4.39. The van der Waals surface area contributed by atoms with Crippen LogP contribution in [0.5, 0.6) is 0 Å². The van der Waals surface area contributed by atoms with Crippen LogP contribution < -0.4 is 0 Å². The average molecular weight is 122 g/mol. The number of hydrogen-bond acceptors (Lipinski definition) is 0. The zero-order valence-corrected chi connectivity index (χ0v) is 6.28. The van der Waals surface area contributed by atoms with E-state index in [1.54, 1.807) is 11.1 Å². The second-order valence-electron chi connectivity index (χ2n) is 2.62. The van der Waals surface area contributed by atoms with Crippen molar-refractivity contribution in [2.45, 2.75) is 33.1 Å². The maximum Gasteiger partial charge on any atom is -0.0242 e. The van der Waals surface area contributed by atoms with Crippen molar-refractivity contribution in [3.63, 3.8) is 0 Å². The summed E-state index contributed by atoms with van der Waals surface area (Å²) < 4.78 is 0. The van der Waals surface area contributed by atoms with Crippen molar-refractivity contribution < 1.29 is 0 Å². The van der Waals surface area contributed by atoms with Crippen LogP contribution >= 0.6 is 0 Å². The van der Waals surface area contributed by atoms with Crippen LogP contribution in [0.25, 0.3) is 0 Å². The molecule has 0 heteroatoms. The van der Waals surface area contributed by atoms with Crippen LogP contribution in [0.2, 0.25) is 0 Å². The summed E-state index contributed by atoms with van der Waals surface area (Å²) in [5, 5.41) is 0. The molecule has 0 aromatic heterocycles. The van der Waals surface area contributed by atoms with E-state index in [4.69, 9.17) is 0 Å². The van der Waals surface area contributed by atoms with Gasteiger partial charge in [0, 0.05) is 0 Å². The Bertz CT molecular complexity index is 149. The van der Waals surface area contributed by atoms with Crippen molar-refractivity contribution in [1.29, 1.82) is 0 Å². The van der Waals surface area contributed by atoms with Gasteiger partial charge in [0.15, 0.2) is 0 Å². The van der Waals surface area contributed by atoms with Crippen LogP contribution in [-0.2, 0) is 0 Å². The number of allylic oxidation sites excluding steroid dienone is 4. The van der Waals surface area contributed by atoms with Crippen LogP contribution in [-0.4, -0.2) is 0 Å². The Balaban J connectivity index is 2.45. The first kappa shape index (κ1) is 6.60. The second-order valence-corrected chi connectivity index (χ2v) is 2.62. The standard InChI is InChI=1S/C9H14/c1-3-4-5-9-7-6-8(9)2/h4-5H,3,6-7H2,1-2H3. The first-order valence-corrected chi connectivity index (χ1v) is 3.69. The minimum Gasteiger partial charge on any atom is -0.0845 e. The molecule has 0 unspecified atom stereocenters. The zero-order chi connectivity index (χ0) is 6.69. The molecule has 0 heterocycles. The Kier molecular flexibility index (Phi) is 2.10. The SMILES string of the molecule is CCC=CC1=C(C)CC1. The third kappa shape index (κ3) is 1.44. The lowest BCUT2D eigenvalue weighted by molar-refractivity contribution is 0.825. The fourth-order valence-corrected chi connectivity index (χ4v) is 1.01. The molecule has 0 fully saturated rings. The van der Waals surface area contributed by atoms with Crippen LogP contribution in [0.4, 0.5) is 0 Å². The summed E-state index contributed by atoms with van der Waals surface area (Å²) in [7, 11) is 0. The monoisotopic (exact) mass is 122 g/mol. The van der Waals surface area contributed by atoms with Crippen molar-refractivity contribution in [2.75, 3.05) is 0 Å². The minimum absolute atomic E-state index is 1.16. The molecule has 0 amide bonds. The van der Waals surface area contributed by atoms with E-state index in [2.05, 4.69) is 26.0 Å². The highest BCUT2D eigenvalue weighted by atomic mass is 14.1. The molecule has 0 saturated carbocycles. The molecule has 9 heavy (non-hydrogen) atoms. The molecule has 1 rings (SSSR count). The van der Waals surface area contributed by atoms with Crippen molar-refractivity contribution in [2.24, 2.45) is 0 Å². The Morgan fingerprint density at radius 3 is 2.56 bits per heavy atom. The van der Waals surface area contributed by atoms with Crippen LogP contribution in [0.15, 0.2) is 23.3 Å². The largest absolute Gasteiger partial charge is 0.0845 e. The third-order valence-corrected chi connectivity index (χ3v) is 1.87. The lowest BCUT2D eigenvalue weighted by Gasteiger charge is -2.16. The molecular weight excluding hydrogens is 108 g/mol. The van der Waals surface area contributed by atoms with Gasteiger partial charge in [0.2, 0.25) is 0 Å². The predicted octanol–water partition coefficient (Wildman–Crippen LogP) is 3.06. The summed E-state index contributed by atoms with van der Waals surface area (Å²) >= 11 is 0. The number of hydrogen-bond donors (Lipinski definition) is 0. The molecule has 1 aliphatic rings. The van der Waals surface area contributed by atoms with E-state index in [1.165, 1.54) is 12.8 Å². The smallest absolute Gasteiger partial charge is 0.0242 e. The summed E-state index contributed by atoms with van der Waals surface area (Å²) in [5.74, 6) is 0. The van der Waals surface area contributed by atoms with Crippen molar-refractivity contribution in [1.82, 2.24) is 0 Å². The highest BCUT2D eigenvalue weighted by Crippen LogP contribution is 2.27. The zero-order valence-electron chi connectivity index (χ0n) is 6.28. The van der Waals surface area contributed by atoms with Gasteiger partial charge in [-0.2, -0.15) is 0 Å². The molecule has 0 spiro atoms. The van der Waals surface area contributed by atoms with E-state index in [1.807, 2.05) is 0 Å². The first-order valence-electron chi connectivity index (χ1n) is 3.69.